The van der Waals surface area contributed by atoms with Crippen LogP contribution >= 0.6 is 0 Å². The number of hydrogen-bond donors (Lipinski definition) is 2. The van der Waals surface area contributed by atoms with Crippen LogP contribution in [0.1, 0.15) is 44.0 Å². The lowest BCUT2D eigenvalue weighted by Crippen LogP contribution is -2.41. The molecule has 0 fully saturated rings. The van der Waals surface area contributed by atoms with Gasteiger partial charge in [0.2, 0.25) is 5.82 Å². The van der Waals surface area contributed by atoms with Gasteiger partial charge < -0.3 is 10.1 Å². The summed E-state index contributed by atoms with van der Waals surface area (Å²) in [5.74, 6) is -0.760. The molecule has 0 unspecified atom stereocenters. The van der Waals surface area contributed by atoms with E-state index in [4.69, 9.17) is 4.74 Å². The number of hydrogen-bond acceptors (Lipinski definition) is 7. The van der Waals surface area contributed by atoms with Crippen molar-refractivity contribution in [3.8, 4) is 11.4 Å². The predicted molar refractivity (Wildman–Crippen MR) is 100 cm³/mol. The first-order valence-corrected chi connectivity index (χ1v) is 9.06. The summed E-state index contributed by atoms with van der Waals surface area (Å²) in [5, 5.41) is 16.6. The monoisotopic (exact) mass is 388 g/mol. The standard InChI is InChI=1S/C18H24N6O4/c1-4-5-9-19-18(27)20-15(25)11-24-22-16(21-23-24)13-7-6-8-14(10-13)17(26)28-12(2)3/h6-8,10,12H,4-5,9,11H2,1-3H3,(H2,19,20,25,27). The van der Waals surface area contributed by atoms with Crippen LogP contribution < -0.4 is 10.6 Å². The van der Waals surface area contributed by atoms with Crippen LogP contribution in [0.15, 0.2) is 24.3 Å². The maximum atomic E-state index is 12.0. The molecule has 150 valence electrons. The molecule has 1 aromatic heterocycles. The summed E-state index contributed by atoms with van der Waals surface area (Å²) in [6.07, 6.45) is 1.54. The van der Waals surface area contributed by atoms with Gasteiger partial charge in [-0.05, 0) is 37.6 Å². The summed E-state index contributed by atoms with van der Waals surface area (Å²) >= 11 is 0. The number of imide groups is 1. The first kappa shape index (κ1) is 21.0. The molecule has 28 heavy (non-hydrogen) atoms. The summed E-state index contributed by atoms with van der Waals surface area (Å²) in [4.78, 5) is 36.5. The second-order valence-corrected chi connectivity index (χ2v) is 6.34. The first-order chi connectivity index (χ1) is 13.4. The number of rotatable bonds is 8. The van der Waals surface area contributed by atoms with Gasteiger partial charge in [0.05, 0.1) is 11.7 Å². The van der Waals surface area contributed by atoms with E-state index in [2.05, 4.69) is 26.0 Å². The Hall–Kier alpha value is -3.30. The Kier molecular flexibility index (Phi) is 7.61. The summed E-state index contributed by atoms with van der Waals surface area (Å²) in [6.45, 7) is 5.77. The van der Waals surface area contributed by atoms with E-state index in [1.165, 1.54) is 0 Å². The van der Waals surface area contributed by atoms with Crippen LogP contribution in [-0.4, -0.2) is 50.8 Å². The van der Waals surface area contributed by atoms with Gasteiger partial charge in [0.15, 0.2) is 0 Å². The second kappa shape index (κ2) is 10.1. The van der Waals surface area contributed by atoms with Crippen LogP contribution in [0, 0.1) is 0 Å². The molecule has 1 aromatic carbocycles. The lowest BCUT2D eigenvalue weighted by Gasteiger charge is -2.08. The minimum absolute atomic E-state index is 0.229. The Labute approximate surface area is 162 Å². The number of urea groups is 1. The molecule has 0 spiro atoms. The second-order valence-electron chi connectivity index (χ2n) is 6.34. The Morgan fingerprint density at radius 1 is 1.25 bits per heavy atom. The fraction of sp³-hybridized carbons (Fsp3) is 0.444. The quantitative estimate of drug-likeness (QED) is 0.518. The first-order valence-electron chi connectivity index (χ1n) is 9.06. The van der Waals surface area contributed by atoms with Crippen molar-refractivity contribution in [2.75, 3.05) is 6.54 Å². The highest BCUT2D eigenvalue weighted by Crippen LogP contribution is 2.16. The van der Waals surface area contributed by atoms with Gasteiger partial charge in [-0.1, -0.05) is 25.5 Å². The Morgan fingerprint density at radius 3 is 2.75 bits per heavy atom. The number of ether oxygens (including phenoxy) is 1. The highest BCUT2D eigenvalue weighted by atomic mass is 16.5. The maximum Gasteiger partial charge on any atom is 0.338 e. The number of carbonyl (C=O) groups is 3. The van der Waals surface area contributed by atoms with Crippen molar-refractivity contribution in [1.29, 1.82) is 0 Å². The molecule has 10 nitrogen and oxygen atoms in total. The van der Waals surface area contributed by atoms with Crippen molar-refractivity contribution in [3.63, 3.8) is 0 Å². The molecule has 0 aliphatic carbocycles. The molecular formula is C18H24N6O4. The summed E-state index contributed by atoms with van der Waals surface area (Å²) in [7, 11) is 0. The van der Waals surface area contributed by atoms with Crippen LogP contribution in [0.2, 0.25) is 0 Å². The van der Waals surface area contributed by atoms with Crippen LogP contribution in [0.4, 0.5) is 4.79 Å². The minimum Gasteiger partial charge on any atom is -0.459 e. The van der Waals surface area contributed by atoms with Crippen molar-refractivity contribution in [3.05, 3.63) is 29.8 Å². The Balaban J connectivity index is 1.97. The molecular weight excluding hydrogens is 364 g/mol. The normalized spacial score (nSPS) is 10.6. The average Bonchev–Trinajstić information content (AvgIpc) is 3.09. The number of unbranched alkanes of at least 4 members (excludes halogenated alkanes) is 1. The molecule has 0 bridgehead atoms. The zero-order chi connectivity index (χ0) is 20.5. The predicted octanol–water partition coefficient (Wildman–Crippen LogP) is 1.53. The third-order valence-electron chi connectivity index (χ3n) is 3.51. The van der Waals surface area contributed by atoms with Crippen molar-refractivity contribution in [2.24, 2.45) is 0 Å². The van der Waals surface area contributed by atoms with Gasteiger partial charge in [-0.3, -0.25) is 10.1 Å². The fourth-order valence-electron chi connectivity index (χ4n) is 2.21. The lowest BCUT2D eigenvalue weighted by atomic mass is 10.1. The molecule has 0 radical (unpaired) electrons. The summed E-state index contributed by atoms with van der Waals surface area (Å²) in [6, 6.07) is 6.06. The Bertz CT molecular complexity index is 833. The van der Waals surface area contributed by atoms with Gasteiger partial charge in [-0.2, -0.15) is 4.80 Å². The van der Waals surface area contributed by atoms with Crippen LogP contribution in [0.3, 0.4) is 0 Å². The third-order valence-corrected chi connectivity index (χ3v) is 3.51. The Morgan fingerprint density at radius 2 is 2.04 bits per heavy atom. The minimum atomic E-state index is -0.563. The van der Waals surface area contributed by atoms with E-state index in [1.807, 2.05) is 6.92 Å². The smallest absolute Gasteiger partial charge is 0.338 e. The molecule has 1 heterocycles. The van der Waals surface area contributed by atoms with Crippen LogP contribution in [0.25, 0.3) is 11.4 Å². The topological polar surface area (TPSA) is 128 Å². The van der Waals surface area contributed by atoms with Crippen molar-refractivity contribution < 1.29 is 19.1 Å². The molecule has 2 rings (SSSR count). The summed E-state index contributed by atoms with van der Waals surface area (Å²) in [5.41, 5.74) is 0.922. The zero-order valence-electron chi connectivity index (χ0n) is 16.1. The highest BCUT2D eigenvalue weighted by Gasteiger charge is 2.14. The van der Waals surface area contributed by atoms with Gasteiger partial charge in [0, 0.05) is 12.1 Å². The number of nitrogens with zero attached hydrogens (tertiary/aromatic N) is 4. The fourth-order valence-corrected chi connectivity index (χ4v) is 2.21. The van der Waals surface area contributed by atoms with E-state index in [1.54, 1.807) is 38.1 Å². The van der Waals surface area contributed by atoms with Crippen LogP contribution in [0.5, 0.6) is 0 Å². The SMILES string of the molecule is CCCCNC(=O)NC(=O)Cn1nnc(-c2cccc(C(=O)OC(C)C)c2)n1. The molecule has 0 atom stereocenters. The average molecular weight is 388 g/mol. The van der Waals surface area contributed by atoms with Crippen molar-refractivity contribution in [2.45, 2.75) is 46.3 Å². The van der Waals surface area contributed by atoms with Crippen molar-refractivity contribution >= 4 is 17.9 Å². The lowest BCUT2D eigenvalue weighted by molar-refractivity contribution is -0.121. The van der Waals surface area contributed by atoms with E-state index < -0.39 is 17.9 Å². The number of carbonyl (C=O) groups excluding carboxylic acids is 3. The van der Waals surface area contributed by atoms with E-state index in [9.17, 15) is 14.4 Å². The number of esters is 1. The van der Waals surface area contributed by atoms with E-state index >= 15 is 0 Å². The molecule has 3 amide bonds. The maximum absolute atomic E-state index is 12.0. The number of benzene rings is 1. The van der Waals surface area contributed by atoms with Crippen molar-refractivity contribution in [1.82, 2.24) is 30.8 Å². The van der Waals surface area contributed by atoms with Gasteiger partial charge in [0.1, 0.15) is 6.54 Å². The molecule has 10 heteroatoms. The van der Waals surface area contributed by atoms with E-state index in [0.717, 1.165) is 17.6 Å². The number of amides is 3. The number of aromatic nitrogens is 4. The molecule has 0 aliphatic rings. The molecule has 0 saturated carbocycles. The number of tetrazole rings is 1. The summed E-state index contributed by atoms with van der Waals surface area (Å²) < 4.78 is 5.17. The van der Waals surface area contributed by atoms with Gasteiger partial charge >= 0.3 is 12.0 Å². The third kappa shape index (κ3) is 6.45. The van der Waals surface area contributed by atoms with Crippen LogP contribution in [-0.2, 0) is 16.1 Å². The van der Waals surface area contributed by atoms with Gasteiger partial charge in [-0.15, -0.1) is 10.2 Å². The van der Waals surface area contributed by atoms with E-state index in [-0.39, 0.29) is 18.5 Å². The van der Waals surface area contributed by atoms with Gasteiger partial charge in [-0.25, -0.2) is 9.59 Å². The molecule has 2 aromatic rings. The molecule has 2 N–H and O–H groups in total. The van der Waals surface area contributed by atoms with Gasteiger partial charge in [0.25, 0.3) is 5.91 Å². The largest absolute Gasteiger partial charge is 0.459 e. The highest BCUT2D eigenvalue weighted by molar-refractivity contribution is 5.94. The van der Waals surface area contributed by atoms with E-state index in [0.29, 0.717) is 17.7 Å². The molecule has 0 aliphatic heterocycles. The number of nitrogens with one attached hydrogen (secondary N) is 2. The molecule has 0 saturated heterocycles. The zero-order valence-corrected chi connectivity index (χ0v) is 16.1.